The maximum Gasteiger partial charge on any atom is 0.306 e. The first-order valence-corrected chi connectivity index (χ1v) is 8.36. The normalized spacial score (nSPS) is 13.6. The molecule has 120 valence electrons. The molecule has 0 aromatic carbocycles. The van der Waals surface area contributed by atoms with Crippen LogP contribution in [0.4, 0.5) is 0 Å². The highest BCUT2D eigenvalue weighted by molar-refractivity contribution is 5.69. The predicted molar refractivity (Wildman–Crippen MR) is 91.4 cm³/mol. The fourth-order valence-electron chi connectivity index (χ4n) is 1.96. The summed E-state index contributed by atoms with van der Waals surface area (Å²) in [7, 11) is 0. The quantitative estimate of drug-likeness (QED) is 0.338. The van der Waals surface area contributed by atoms with Crippen LogP contribution in [0.15, 0.2) is 36.5 Å². The van der Waals surface area contributed by atoms with Crippen molar-refractivity contribution in [2.75, 3.05) is 0 Å². The number of hydrogen-bond donors (Lipinski definition) is 1. The molecular formula is C19H32O2. The summed E-state index contributed by atoms with van der Waals surface area (Å²) in [4.78, 5) is 10.6. The van der Waals surface area contributed by atoms with E-state index < -0.39 is 5.97 Å². The van der Waals surface area contributed by atoms with E-state index in [0.29, 0.717) is 0 Å². The topological polar surface area (TPSA) is 37.3 Å². The standard InChI is InChI=1S/C19H32O2/c1-3-4-5-6-7-8-9-10-11-12-13-14-15-16-17-18(2)19(20)21/h7-8,10-11,13-14,18H,3-6,9,12,15-17H2,1-2H3,(H,20,21)/b8-7+,11-10+,14-13+. The summed E-state index contributed by atoms with van der Waals surface area (Å²) >= 11 is 0. The molecule has 0 spiro atoms. The third-order valence-corrected chi connectivity index (χ3v) is 3.45. The second-order valence-corrected chi connectivity index (χ2v) is 5.55. The Morgan fingerprint density at radius 3 is 1.95 bits per heavy atom. The Labute approximate surface area is 130 Å². The van der Waals surface area contributed by atoms with E-state index in [0.717, 1.165) is 32.1 Å². The van der Waals surface area contributed by atoms with Gasteiger partial charge in [-0.15, -0.1) is 0 Å². The smallest absolute Gasteiger partial charge is 0.306 e. The van der Waals surface area contributed by atoms with Crippen molar-refractivity contribution >= 4 is 5.97 Å². The summed E-state index contributed by atoms with van der Waals surface area (Å²) in [6.45, 7) is 4.00. The molecule has 0 heterocycles. The number of carboxylic acids is 1. The zero-order chi connectivity index (χ0) is 15.8. The van der Waals surface area contributed by atoms with Gasteiger partial charge in [-0.3, -0.25) is 4.79 Å². The zero-order valence-corrected chi connectivity index (χ0v) is 13.8. The van der Waals surface area contributed by atoms with E-state index in [2.05, 4.69) is 43.4 Å². The molecule has 0 saturated carbocycles. The van der Waals surface area contributed by atoms with Crippen molar-refractivity contribution in [1.29, 1.82) is 0 Å². The zero-order valence-electron chi connectivity index (χ0n) is 13.8. The van der Waals surface area contributed by atoms with Crippen molar-refractivity contribution < 1.29 is 9.90 Å². The fraction of sp³-hybridized carbons (Fsp3) is 0.632. The minimum absolute atomic E-state index is 0.220. The molecule has 0 aromatic heterocycles. The molecule has 0 saturated heterocycles. The van der Waals surface area contributed by atoms with Gasteiger partial charge in [0.25, 0.3) is 0 Å². The molecule has 0 aliphatic heterocycles. The van der Waals surface area contributed by atoms with Crippen LogP contribution in [0, 0.1) is 5.92 Å². The predicted octanol–water partition coefficient (Wildman–Crippen LogP) is 5.91. The summed E-state index contributed by atoms with van der Waals surface area (Å²) in [6.07, 6.45) is 23.0. The lowest BCUT2D eigenvalue weighted by molar-refractivity contribution is -0.141. The van der Waals surface area contributed by atoms with Crippen molar-refractivity contribution in [2.24, 2.45) is 5.92 Å². The first-order valence-electron chi connectivity index (χ1n) is 8.36. The van der Waals surface area contributed by atoms with E-state index >= 15 is 0 Å². The van der Waals surface area contributed by atoms with Crippen LogP contribution in [0.25, 0.3) is 0 Å². The molecule has 1 atom stereocenters. The van der Waals surface area contributed by atoms with Gasteiger partial charge in [0.2, 0.25) is 0 Å². The number of allylic oxidation sites excluding steroid dienone is 6. The molecule has 0 aromatic rings. The van der Waals surface area contributed by atoms with Crippen LogP contribution in [0.5, 0.6) is 0 Å². The number of rotatable bonds is 13. The van der Waals surface area contributed by atoms with E-state index in [-0.39, 0.29) is 5.92 Å². The van der Waals surface area contributed by atoms with Gasteiger partial charge >= 0.3 is 5.97 Å². The minimum atomic E-state index is -0.690. The molecule has 0 aliphatic rings. The van der Waals surface area contributed by atoms with Gasteiger partial charge in [0, 0.05) is 0 Å². The molecule has 21 heavy (non-hydrogen) atoms. The lowest BCUT2D eigenvalue weighted by Gasteiger charge is -2.02. The van der Waals surface area contributed by atoms with Gasteiger partial charge in [0.05, 0.1) is 5.92 Å². The van der Waals surface area contributed by atoms with Crippen LogP contribution in [0.3, 0.4) is 0 Å². The van der Waals surface area contributed by atoms with E-state index in [4.69, 9.17) is 5.11 Å². The van der Waals surface area contributed by atoms with Gasteiger partial charge in [-0.25, -0.2) is 0 Å². The van der Waals surface area contributed by atoms with Crippen LogP contribution < -0.4 is 0 Å². The maximum atomic E-state index is 10.6. The van der Waals surface area contributed by atoms with Crippen LogP contribution in [0.1, 0.15) is 71.6 Å². The number of hydrogen-bond acceptors (Lipinski definition) is 1. The molecule has 1 N–H and O–H groups in total. The third-order valence-electron chi connectivity index (χ3n) is 3.45. The van der Waals surface area contributed by atoms with Crippen LogP contribution in [-0.4, -0.2) is 11.1 Å². The van der Waals surface area contributed by atoms with Gasteiger partial charge in [0.1, 0.15) is 0 Å². The highest BCUT2D eigenvalue weighted by atomic mass is 16.4. The molecule has 2 nitrogen and oxygen atoms in total. The molecule has 2 heteroatoms. The van der Waals surface area contributed by atoms with Gasteiger partial charge in [-0.1, -0.05) is 63.1 Å². The first-order chi connectivity index (χ1) is 10.2. The van der Waals surface area contributed by atoms with Gasteiger partial charge < -0.3 is 5.11 Å². The van der Waals surface area contributed by atoms with Crippen molar-refractivity contribution in [2.45, 2.75) is 71.6 Å². The summed E-state index contributed by atoms with van der Waals surface area (Å²) in [5.74, 6) is -0.910. The largest absolute Gasteiger partial charge is 0.481 e. The number of aliphatic carboxylic acids is 1. The number of carboxylic acid groups (broad SMARTS) is 1. The Bertz CT molecular complexity index is 326. The molecule has 0 aliphatic carbocycles. The highest BCUT2D eigenvalue weighted by Crippen LogP contribution is 2.08. The Balaban J connectivity index is 3.42. The van der Waals surface area contributed by atoms with Crippen molar-refractivity contribution in [3.05, 3.63) is 36.5 Å². The molecule has 1 unspecified atom stereocenters. The lowest BCUT2D eigenvalue weighted by atomic mass is 10.0. The van der Waals surface area contributed by atoms with Crippen LogP contribution in [-0.2, 0) is 4.79 Å². The number of carbonyl (C=O) groups is 1. The number of unbranched alkanes of at least 4 members (excludes halogenated alkanes) is 4. The van der Waals surface area contributed by atoms with Crippen LogP contribution in [0.2, 0.25) is 0 Å². The second kappa shape index (κ2) is 15.1. The molecule has 0 amide bonds. The average Bonchev–Trinajstić information content (AvgIpc) is 2.47. The molecule has 0 fully saturated rings. The van der Waals surface area contributed by atoms with Crippen molar-refractivity contribution in [1.82, 2.24) is 0 Å². The SMILES string of the molecule is CCCCC/C=C/C/C=C/C/C=C/CCCC(C)C(=O)O. The average molecular weight is 292 g/mol. The summed E-state index contributed by atoms with van der Waals surface area (Å²) < 4.78 is 0. The minimum Gasteiger partial charge on any atom is -0.481 e. The molecule has 0 radical (unpaired) electrons. The summed E-state index contributed by atoms with van der Waals surface area (Å²) in [6, 6.07) is 0. The fourth-order valence-corrected chi connectivity index (χ4v) is 1.96. The summed E-state index contributed by atoms with van der Waals surface area (Å²) in [5.41, 5.74) is 0. The Hall–Kier alpha value is -1.31. The Kier molecular flexibility index (Phi) is 14.1. The maximum absolute atomic E-state index is 10.6. The van der Waals surface area contributed by atoms with Gasteiger partial charge in [-0.2, -0.15) is 0 Å². The van der Waals surface area contributed by atoms with Gasteiger partial charge in [-0.05, 0) is 44.9 Å². The third kappa shape index (κ3) is 14.9. The second-order valence-electron chi connectivity index (χ2n) is 5.55. The van der Waals surface area contributed by atoms with Crippen molar-refractivity contribution in [3.63, 3.8) is 0 Å². The van der Waals surface area contributed by atoms with Crippen molar-refractivity contribution in [3.8, 4) is 0 Å². The first kappa shape index (κ1) is 19.7. The summed E-state index contributed by atoms with van der Waals surface area (Å²) in [5, 5.41) is 8.75. The monoisotopic (exact) mass is 292 g/mol. The lowest BCUT2D eigenvalue weighted by Crippen LogP contribution is -2.08. The Morgan fingerprint density at radius 2 is 1.43 bits per heavy atom. The van der Waals surface area contributed by atoms with E-state index in [1.807, 2.05) is 0 Å². The van der Waals surface area contributed by atoms with E-state index in [1.165, 1.54) is 25.7 Å². The highest BCUT2D eigenvalue weighted by Gasteiger charge is 2.08. The molecule has 0 rings (SSSR count). The van der Waals surface area contributed by atoms with Crippen LogP contribution >= 0.6 is 0 Å². The van der Waals surface area contributed by atoms with E-state index in [9.17, 15) is 4.79 Å². The molecule has 0 bridgehead atoms. The van der Waals surface area contributed by atoms with Gasteiger partial charge in [0.15, 0.2) is 0 Å². The molecular weight excluding hydrogens is 260 g/mol. The van der Waals surface area contributed by atoms with E-state index in [1.54, 1.807) is 6.92 Å². The Morgan fingerprint density at radius 1 is 0.905 bits per heavy atom.